The van der Waals surface area contributed by atoms with Gasteiger partial charge in [-0.05, 0) is 36.9 Å². The first-order valence-electron chi connectivity index (χ1n) is 9.90. The number of nitrogens with zero attached hydrogens (tertiary/aromatic N) is 2. The highest BCUT2D eigenvalue weighted by atomic mass is 16.1. The molecular weight excluding hydrogens is 346 g/mol. The van der Waals surface area contributed by atoms with E-state index in [1.807, 2.05) is 18.2 Å². The summed E-state index contributed by atoms with van der Waals surface area (Å²) in [6, 6.07) is 20.8. The van der Waals surface area contributed by atoms with E-state index in [0.29, 0.717) is 13.0 Å². The van der Waals surface area contributed by atoms with Crippen LogP contribution in [-0.2, 0) is 11.3 Å². The zero-order valence-electron chi connectivity index (χ0n) is 16.4. The number of benzene rings is 2. The minimum absolute atomic E-state index is 0.0897. The third-order valence-electron chi connectivity index (χ3n) is 5.12. The SMILES string of the molecule is CCCCC(=O)NCc1c(-c2ccc(C)cc2)nc2ccc3ccccc3n12. The van der Waals surface area contributed by atoms with Crippen molar-refractivity contribution in [2.24, 2.45) is 0 Å². The first kappa shape index (κ1) is 18.2. The lowest BCUT2D eigenvalue weighted by molar-refractivity contribution is -0.121. The van der Waals surface area contributed by atoms with Crippen LogP contribution in [0.1, 0.15) is 37.4 Å². The highest BCUT2D eigenvalue weighted by molar-refractivity contribution is 5.84. The van der Waals surface area contributed by atoms with Crippen LogP contribution in [-0.4, -0.2) is 15.3 Å². The molecule has 0 aliphatic rings. The largest absolute Gasteiger partial charge is 0.350 e. The van der Waals surface area contributed by atoms with E-state index in [-0.39, 0.29) is 5.91 Å². The molecule has 4 aromatic rings. The van der Waals surface area contributed by atoms with E-state index in [1.54, 1.807) is 0 Å². The molecule has 4 rings (SSSR count). The molecule has 0 saturated carbocycles. The molecule has 2 aromatic carbocycles. The molecule has 2 aromatic heterocycles. The quantitative estimate of drug-likeness (QED) is 0.502. The number of hydrogen-bond acceptors (Lipinski definition) is 2. The van der Waals surface area contributed by atoms with E-state index in [1.165, 1.54) is 5.56 Å². The van der Waals surface area contributed by atoms with Gasteiger partial charge in [0.25, 0.3) is 0 Å². The monoisotopic (exact) mass is 371 g/mol. The van der Waals surface area contributed by atoms with Gasteiger partial charge in [-0.25, -0.2) is 4.98 Å². The number of unbranched alkanes of at least 4 members (excludes halogenated alkanes) is 1. The van der Waals surface area contributed by atoms with Crippen LogP contribution < -0.4 is 5.32 Å². The van der Waals surface area contributed by atoms with Crippen LogP contribution >= 0.6 is 0 Å². The fraction of sp³-hybridized carbons (Fsp3) is 0.250. The normalized spacial score (nSPS) is 11.2. The fourth-order valence-corrected chi connectivity index (χ4v) is 3.56. The number of aryl methyl sites for hydroxylation is 1. The molecule has 1 N–H and O–H groups in total. The van der Waals surface area contributed by atoms with Gasteiger partial charge in [0.15, 0.2) is 0 Å². The van der Waals surface area contributed by atoms with Crippen molar-refractivity contribution in [2.45, 2.75) is 39.7 Å². The van der Waals surface area contributed by atoms with E-state index >= 15 is 0 Å². The van der Waals surface area contributed by atoms with E-state index in [9.17, 15) is 4.79 Å². The number of pyridine rings is 1. The zero-order chi connectivity index (χ0) is 19.5. The molecule has 28 heavy (non-hydrogen) atoms. The summed E-state index contributed by atoms with van der Waals surface area (Å²) in [5, 5.41) is 4.25. The van der Waals surface area contributed by atoms with Crippen LogP contribution in [0, 0.1) is 6.92 Å². The van der Waals surface area contributed by atoms with Gasteiger partial charge in [0.1, 0.15) is 5.65 Å². The Hall–Kier alpha value is -3.14. The second-order valence-corrected chi connectivity index (χ2v) is 7.24. The smallest absolute Gasteiger partial charge is 0.220 e. The zero-order valence-corrected chi connectivity index (χ0v) is 16.4. The lowest BCUT2D eigenvalue weighted by Crippen LogP contribution is -2.23. The Balaban J connectivity index is 1.84. The van der Waals surface area contributed by atoms with Gasteiger partial charge in [0.2, 0.25) is 5.91 Å². The van der Waals surface area contributed by atoms with Gasteiger partial charge in [0, 0.05) is 12.0 Å². The first-order chi connectivity index (χ1) is 13.7. The Bertz CT molecular complexity index is 1130. The second-order valence-electron chi connectivity index (χ2n) is 7.24. The van der Waals surface area contributed by atoms with Crippen molar-refractivity contribution >= 4 is 22.5 Å². The topological polar surface area (TPSA) is 46.4 Å². The van der Waals surface area contributed by atoms with Crippen LogP contribution in [0.2, 0.25) is 0 Å². The van der Waals surface area contributed by atoms with E-state index < -0.39 is 0 Å². The number of fused-ring (bicyclic) bond motifs is 3. The Morgan fingerprint density at radius 2 is 1.82 bits per heavy atom. The van der Waals surface area contributed by atoms with Gasteiger partial charge in [-0.2, -0.15) is 0 Å². The lowest BCUT2D eigenvalue weighted by Gasteiger charge is -2.10. The average Bonchev–Trinajstić information content (AvgIpc) is 3.10. The van der Waals surface area contributed by atoms with Gasteiger partial charge in [0.05, 0.1) is 23.4 Å². The number of nitrogens with one attached hydrogen (secondary N) is 1. The van der Waals surface area contributed by atoms with Crippen molar-refractivity contribution in [3.8, 4) is 11.3 Å². The molecular formula is C24H25N3O. The van der Waals surface area contributed by atoms with Crippen molar-refractivity contribution in [3.05, 3.63) is 71.9 Å². The maximum atomic E-state index is 12.2. The van der Waals surface area contributed by atoms with E-state index in [4.69, 9.17) is 4.98 Å². The minimum Gasteiger partial charge on any atom is -0.350 e. The summed E-state index contributed by atoms with van der Waals surface area (Å²) in [6.07, 6.45) is 2.49. The molecule has 4 nitrogen and oxygen atoms in total. The number of para-hydroxylation sites is 1. The summed E-state index contributed by atoms with van der Waals surface area (Å²) in [4.78, 5) is 17.2. The number of aromatic nitrogens is 2. The number of carbonyl (C=O) groups excluding carboxylic acids is 1. The molecule has 0 saturated heterocycles. The third-order valence-corrected chi connectivity index (χ3v) is 5.12. The number of amides is 1. The molecule has 0 aliphatic heterocycles. The minimum atomic E-state index is 0.0897. The van der Waals surface area contributed by atoms with E-state index in [0.717, 1.165) is 46.3 Å². The third kappa shape index (κ3) is 3.50. The molecule has 0 aliphatic carbocycles. The molecule has 4 heteroatoms. The highest BCUT2D eigenvalue weighted by Gasteiger charge is 2.16. The summed E-state index contributed by atoms with van der Waals surface area (Å²) in [5.41, 5.74) is 6.21. The van der Waals surface area contributed by atoms with E-state index in [2.05, 4.69) is 66.0 Å². The molecule has 0 spiro atoms. The van der Waals surface area contributed by atoms with Gasteiger partial charge >= 0.3 is 0 Å². The first-order valence-corrected chi connectivity index (χ1v) is 9.90. The Morgan fingerprint density at radius 3 is 2.61 bits per heavy atom. The summed E-state index contributed by atoms with van der Waals surface area (Å²) < 4.78 is 2.17. The van der Waals surface area contributed by atoms with Crippen LogP contribution in [0.15, 0.2) is 60.7 Å². The maximum Gasteiger partial charge on any atom is 0.220 e. The standard InChI is InChI=1S/C24H25N3O/c1-3-4-9-23(28)25-16-21-24(19-12-10-17(2)11-13-19)26-22-15-14-18-7-5-6-8-20(18)27(21)22/h5-8,10-15H,3-4,9,16H2,1-2H3,(H,25,28). The Morgan fingerprint density at radius 1 is 1.04 bits per heavy atom. The average molecular weight is 371 g/mol. The number of rotatable bonds is 6. The van der Waals surface area contributed by atoms with Gasteiger partial charge < -0.3 is 5.32 Å². The molecule has 0 atom stereocenters. The second kappa shape index (κ2) is 7.85. The number of hydrogen-bond donors (Lipinski definition) is 1. The molecule has 2 heterocycles. The Labute approximate surface area is 165 Å². The molecule has 0 bridgehead atoms. The summed E-state index contributed by atoms with van der Waals surface area (Å²) in [6.45, 7) is 4.64. The molecule has 0 radical (unpaired) electrons. The lowest BCUT2D eigenvalue weighted by atomic mass is 10.1. The Kier molecular flexibility index (Phi) is 5.11. The predicted molar refractivity (Wildman–Crippen MR) is 114 cm³/mol. The van der Waals surface area contributed by atoms with Crippen molar-refractivity contribution in [3.63, 3.8) is 0 Å². The van der Waals surface area contributed by atoms with Crippen molar-refractivity contribution < 1.29 is 4.79 Å². The number of imidazole rings is 1. The van der Waals surface area contributed by atoms with Gasteiger partial charge in [-0.15, -0.1) is 0 Å². The van der Waals surface area contributed by atoms with Crippen LogP contribution in [0.25, 0.3) is 27.8 Å². The van der Waals surface area contributed by atoms with Crippen molar-refractivity contribution in [2.75, 3.05) is 0 Å². The van der Waals surface area contributed by atoms with Gasteiger partial charge in [-0.1, -0.05) is 61.4 Å². The van der Waals surface area contributed by atoms with Crippen molar-refractivity contribution in [1.29, 1.82) is 0 Å². The predicted octanol–water partition coefficient (Wildman–Crippen LogP) is 5.27. The van der Waals surface area contributed by atoms with Crippen LogP contribution in [0.5, 0.6) is 0 Å². The van der Waals surface area contributed by atoms with Crippen LogP contribution in [0.3, 0.4) is 0 Å². The van der Waals surface area contributed by atoms with Crippen LogP contribution in [0.4, 0.5) is 0 Å². The molecule has 0 fully saturated rings. The maximum absolute atomic E-state index is 12.2. The summed E-state index contributed by atoms with van der Waals surface area (Å²) >= 11 is 0. The van der Waals surface area contributed by atoms with Crippen molar-refractivity contribution in [1.82, 2.24) is 14.7 Å². The molecule has 142 valence electrons. The molecule has 0 unspecified atom stereocenters. The summed E-state index contributed by atoms with van der Waals surface area (Å²) in [7, 11) is 0. The highest BCUT2D eigenvalue weighted by Crippen LogP contribution is 2.28. The summed E-state index contributed by atoms with van der Waals surface area (Å²) in [5.74, 6) is 0.0897. The molecule has 1 amide bonds. The number of carbonyl (C=O) groups is 1. The van der Waals surface area contributed by atoms with Gasteiger partial charge in [-0.3, -0.25) is 9.20 Å². The fourth-order valence-electron chi connectivity index (χ4n) is 3.56.